The highest BCUT2D eigenvalue weighted by Crippen LogP contribution is 2.17. The highest BCUT2D eigenvalue weighted by molar-refractivity contribution is 5.79. The van der Waals surface area contributed by atoms with Gasteiger partial charge in [-0.1, -0.05) is 19.0 Å². The van der Waals surface area contributed by atoms with Crippen molar-refractivity contribution >= 4 is 11.9 Å². The zero-order valence-corrected chi connectivity index (χ0v) is 17.5. The zero-order chi connectivity index (χ0) is 20.4. The number of carbonyl (C=O) groups is 1. The van der Waals surface area contributed by atoms with Gasteiger partial charge in [-0.25, -0.2) is 4.99 Å². The van der Waals surface area contributed by atoms with E-state index >= 15 is 0 Å². The van der Waals surface area contributed by atoms with Crippen LogP contribution in [-0.2, 0) is 11.3 Å². The second-order valence-electron chi connectivity index (χ2n) is 7.72. The number of rotatable bonds is 10. The second kappa shape index (κ2) is 11.7. The van der Waals surface area contributed by atoms with Gasteiger partial charge in [-0.2, -0.15) is 0 Å². The van der Waals surface area contributed by atoms with Crippen LogP contribution >= 0.6 is 0 Å². The highest BCUT2D eigenvalue weighted by atomic mass is 16.5. The number of amides is 1. The first-order chi connectivity index (χ1) is 13.5. The van der Waals surface area contributed by atoms with Crippen molar-refractivity contribution in [1.29, 1.82) is 0 Å². The van der Waals surface area contributed by atoms with Crippen molar-refractivity contribution in [1.82, 2.24) is 20.7 Å². The lowest BCUT2D eigenvalue weighted by Crippen LogP contribution is -2.39. The molecule has 1 fully saturated rings. The Kier molecular flexibility index (Phi) is 9.27. The summed E-state index contributed by atoms with van der Waals surface area (Å²) < 4.78 is 5.34. The molecule has 1 aliphatic rings. The van der Waals surface area contributed by atoms with Crippen molar-refractivity contribution in [2.75, 3.05) is 32.7 Å². The van der Waals surface area contributed by atoms with E-state index in [9.17, 15) is 4.79 Å². The Morgan fingerprint density at radius 1 is 1.36 bits per heavy atom. The number of hydrogen-bond acceptors (Lipinski definition) is 5. The smallest absolute Gasteiger partial charge is 0.220 e. The molecule has 0 bridgehead atoms. The molecule has 8 heteroatoms. The van der Waals surface area contributed by atoms with Crippen LogP contribution < -0.4 is 16.4 Å². The number of nitrogens with two attached hydrogens (primary N) is 1. The molecule has 1 saturated heterocycles. The van der Waals surface area contributed by atoms with E-state index in [4.69, 9.17) is 10.3 Å². The van der Waals surface area contributed by atoms with E-state index < -0.39 is 0 Å². The number of likely N-dealkylation sites (tertiary alicyclic amines) is 1. The molecule has 4 N–H and O–H groups in total. The highest BCUT2D eigenvalue weighted by Gasteiger charge is 2.22. The summed E-state index contributed by atoms with van der Waals surface area (Å²) in [6, 6.07) is 1.97. The number of unbranched alkanes of at least 4 members (excludes halogenated alkanes) is 1. The minimum Gasteiger partial charge on any atom is -0.369 e. The molecule has 28 heavy (non-hydrogen) atoms. The van der Waals surface area contributed by atoms with Crippen LogP contribution in [0.3, 0.4) is 0 Å². The molecule has 158 valence electrons. The van der Waals surface area contributed by atoms with Crippen molar-refractivity contribution in [3.8, 4) is 0 Å². The number of aliphatic imine (C=N–C) groups is 1. The number of aromatic nitrogens is 1. The van der Waals surface area contributed by atoms with Gasteiger partial charge in [0.05, 0.1) is 5.69 Å². The van der Waals surface area contributed by atoms with E-state index in [1.807, 2.05) is 6.07 Å². The summed E-state index contributed by atoms with van der Waals surface area (Å²) in [5.41, 5.74) is 6.35. The van der Waals surface area contributed by atoms with Crippen LogP contribution in [0.15, 0.2) is 15.6 Å². The van der Waals surface area contributed by atoms with E-state index in [2.05, 4.69) is 46.5 Å². The maximum atomic E-state index is 11.2. The van der Waals surface area contributed by atoms with Crippen LogP contribution in [0.1, 0.15) is 63.8 Å². The van der Waals surface area contributed by atoms with Gasteiger partial charge < -0.3 is 25.8 Å². The predicted octanol–water partition coefficient (Wildman–Crippen LogP) is 1.83. The van der Waals surface area contributed by atoms with Crippen molar-refractivity contribution in [2.45, 2.75) is 58.9 Å². The first-order valence-corrected chi connectivity index (χ1v) is 10.5. The lowest BCUT2D eigenvalue weighted by Gasteiger charge is -2.30. The van der Waals surface area contributed by atoms with Gasteiger partial charge in [0.15, 0.2) is 11.7 Å². The zero-order valence-electron chi connectivity index (χ0n) is 17.5. The first-order valence-electron chi connectivity index (χ1n) is 10.5. The predicted molar refractivity (Wildman–Crippen MR) is 111 cm³/mol. The molecule has 2 rings (SSSR count). The largest absolute Gasteiger partial charge is 0.369 e. The fourth-order valence-electron chi connectivity index (χ4n) is 3.28. The molecule has 0 unspecified atom stereocenters. The summed E-state index contributed by atoms with van der Waals surface area (Å²) in [5.74, 6) is 1.85. The molecule has 1 aliphatic heterocycles. The molecule has 0 aromatic carbocycles. The lowest BCUT2D eigenvalue weighted by atomic mass is 9.96. The average molecular weight is 393 g/mol. The Morgan fingerprint density at radius 3 is 2.71 bits per heavy atom. The van der Waals surface area contributed by atoms with Crippen molar-refractivity contribution in [3.05, 3.63) is 17.5 Å². The van der Waals surface area contributed by atoms with Crippen LogP contribution in [0, 0.1) is 5.92 Å². The Hall–Kier alpha value is -2.09. The standard InChI is InChI=1S/C20H36N6O2/c1-4-22-20(24-14-17-13-18(15(2)3)25-28-17)23-9-5-6-10-26-11-7-16(8-12-26)19(21)27/h13,15-16H,4-12,14H2,1-3H3,(H2,21,27)(H2,22,23,24). The third-order valence-electron chi connectivity index (χ3n) is 5.09. The molecule has 0 spiro atoms. The van der Waals surface area contributed by atoms with Crippen molar-refractivity contribution < 1.29 is 9.32 Å². The molecular weight excluding hydrogens is 356 g/mol. The van der Waals surface area contributed by atoms with Gasteiger partial charge in [-0.3, -0.25) is 4.79 Å². The van der Waals surface area contributed by atoms with Gasteiger partial charge >= 0.3 is 0 Å². The third kappa shape index (κ3) is 7.50. The Balaban J connectivity index is 1.65. The number of carbonyl (C=O) groups excluding carboxylic acids is 1. The van der Waals surface area contributed by atoms with Crippen molar-refractivity contribution in [2.24, 2.45) is 16.6 Å². The van der Waals surface area contributed by atoms with Gasteiger partial charge in [-0.05, 0) is 58.2 Å². The molecular formula is C20H36N6O2. The maximum Gasteiger partial charge on any atom is 0.220 e. The summed E-state index contributed by atoms with van der Waals surface area (Å²) in [4.78, 5) is 18.2. The summed E-state index contributed by atoms with van der Waals surface area (Å²) in [6.07, 6.45) is 3.98. The Morgan fingerprint density at radius 2 is 2.11 bits per heavy atom. The van der Waals surface area contributed by atoms with Gasteiger partial charge in [0.1, 0.15) is 6.54 Å². The number of nitrogens with zero attached hydrogens (tertiary/aromatic N) is 3. The number of primary amides is 1. The molecule has 0 atom stereocenters. The van der Waals surface area contributed by atoms with E-state index in [0.29, 0.717) is 12.5 Å². The molecule has 0 aliphatic carbocycles. The first kappa shape index (κ1) is 22.2. The molecule has 2 heterocycles. The summed E-state index contributed by atoms with van der Waals surface area (Å²) in [5, 5.41) is 10.7. The molecule has 1 aromatic rings. The molecule has 8 nitrogen and oxygen atoms in total. The monoisotopic (exact) mass is 392 g/mol. The molecule has 1 amide bonds. The van der Waals surface area contributed by atoms with Gasteiger partial charge in [0, 0.05) is 25.1 Å². The number of piperidine rings is 1. The van der Waals surface area contributed by atoms with Crippen LogP contribution in [0.5, 0.6) is 0 Å². The van der Waals surface area contributed by atoms with E-state index in [1.54, 1.807) is 0 Å². The lowest BCUT2D eigenvalue weighted by molar-refractivity contribution is -0.123. The fourth-order valence-corrected chi connectivity index (χ4v) is 3.28. The van der Waals surface area contributed by atoms with Crippen LogP contribution in [-0.4, -0.2) is 54.6 Å². The summed E-state index contributed by atoms with van der Waals surface area (Å²) in [6.45, 7) is 11.4. The second-order valence-corrected chi connectivity index (χ2v) is 7.72. The Bertz CT molecular complexity index is 620. The van der Waals surface area contributed by atoms with Crippen LogP contribution in [0.4, 0.5) is 0 Å². The quantitative estimate of drug-likeness (QED) is 0.318. The fraction of sp³-hybridized carbons (Fsp3) is 0.750. The number of nitrogens with one attached hydrogen (secondary N) is 2. The topological polar surface area (TPSA) is 109 Å². The van der Waals surface area contributed by atoms with E-state index in [0.717, 1.165) is 75.8 Å². The van der Waals surface area contributed by atoms with Crippen LogP contribution in [0.25, 0.3) is 0 Å². The van der Waals surface area contributed by atoms with E-state index in [-0.39, 0.29) is 11.8 Å². The molecule has 0 saturated carbocycles. The minimum atomic E-state index is -0.148. The number of hydrogen-bond donors (Lipinski definition) is 3. The van der Waals surface area contributed by atoms with Crippen LogP contribution in [0.2, 0.25) is 0 Å². The van der Waals surface area contributed by atoms with Crippen molar-refractivity contribution in [3.63, 3.8) is 0 Å². The Labute approximate surface area is 168 Å². The van der Waals surface area contributed by atoms with Gasteiger partial charge in [0.2, 0.25) is 5.91 Å². The summed E-state index contributed by atoms with van der Waals surface area (Å²) in [7, 11) is 0. The minimum absolute atomic E-state index is 0.0674. The molecule has 1 aromatic heterocycles. The maximum absolute atomic E-state index is 11.2. The average Bonchev–Trinajstić information content (AvgIpc) is 3.15. The normalized spacial score (nSPS) is 16.5. The molecule has 0 radical (unpaired) electrons. The van der Waals surface area contributed by atoms with E-state index in [1.165, 1.54) is 0 Å². The summed E-state index contributed by atoms with van der Waals surface area (Å²) >= 11 is 0. The number of guanidine groups is 1. The van der Waals surface area contributed by atoms with Gasteiger partial charge in [0.25, 0.3) is 0 Å². The van der Waals surface area contributed by atoms with Gasteiger partial charge in [-0.15, -0.1) is 0 Å². The third-order valence-corrected chi connectivity index (χ3v) is 5.09. The SMILES string of the molecule is CCNC(=NCc1cc(C(C)C)no1)NCCCCN1CCC(C(N)=O)CC1.